The van der Waals surface area contributed by atoms with Crippen LogP contribution in [0.2, 0.25) is 0 Å². The first-order valence-electron chi connectivity index (χ1n) is 7.26. The highest BCUT2D eigenvalue weighted by Crippen LogP contribution is 2.13. The Kier molecular flexibility index (Phi) is 6.79. The Morgan fingerprint density at radius 2 is 1.71 bits per heavy atom. The fourth-order valence-electron chi connectivity index (χ4n) is 1.99. The Hall–Kier alpha value is -1.97. The molecule has 114 valence electrons. The SMILES string of the molecule is CC(=O)CC(=O)CCc1ccc(NC(=O)CC(C)C)cc1. The molecule has 0 fully saturated rings. The molecule has 0 heterocycles. The summed E-state index contributed by atoms with van der Waals surface area (Å²) in [6, 6.07) is 7.46. The van der Waals surface area contributed by atoms with Gasteiger partial charge in [-0.15, -0.1) is 0 Å². The summed E-state index contributed by atoms with van der Waals surface area (Å²) in [6.45, 7) is 5.42. The number of amides is 1. The van der Waals surface area contributed by atoms with Gasteiger partial charge in [-0.25, -0.2) is 0 Å². The van der Waals surface area contributed by atoms with Gasteiger partial charge >= 0.3 is 0 Å². The van der Waals surface area contributed by atoms with E-state index in [4.69, 9.17) is 0 Å². The summed E-state index contributed by atoms with van der Waals surface area (Å²) in [5.74, 6) is 0.214. The van der Waals surface area contributed by atoms with Crippen LogP contribution in [0.15, 0.2) is 24.3 Å². The molecule has 0 aliphatic heterocycles. The number of carbonyl (C=O) groups excluding carboxylic acids is 3. The van der Waals surface area contributed by atoms with E-state index in [2.05, 4.69) is 5.32 Å². The molecule has 21 heavy (non-hydrogen) atoms. The number of carbonyl (C=O) groups is 3. The van der Waals surface area contributed by atoms with Gasteiger partial charge < -0.3 is 5.32 Å². The standard InChI is InChI=1S/C17H23NO3/c1-12(2)10-17(21)18-15-7-4-14(5-8-15)6-9-16(20)11-13(3)19/h4-5,7-8,12H,6,9-11H2,1-3H3,(H,18,21). The summed E-state index contributed by atoms with van der Waals surface area (Å²) in [7, 11) is 0. The molecule has 0 unspecified atom stereocenters. The van der Waals surface area contributed by atoms with Gasteiger partial charge in [0.1, 0.15) is 11.6 Å². The number of rotatable bonds is 8. The molecule has 0 aliphatic rings. The minimum absolute atomic E-state index is 0.00869. The molecule has 1 N–H and O–H groups in total. The Balaban J connectivity index is 2.45. The number of Topliss-reactive ketones (excluding diaryl/α,β-unsaturated/α-hetero) is 2. The first kappa shape index (κ1) is 17.1. The van der Waals surface area contributed by atoms with Gasteiger partial charge in [0.05, 0.1) is 6.42 Å². The lowest BCUT2D eigenvalue weighted by atomic mass is 10.0. The number of nitrogens with one attached hydrogen (secondary N) is 1. The molecule has 0 aliphatic carbocycles. The normalized spacial score (nSPS) is 10.5. The van der Waals surface area contributed by atoms with E-state index in [-0.39, 0.29) is 23.9 Å². The maximum atomic E-state index is 11.6. The third kappa shape index (κ3) is 7.40. The van der Waals surface area contributed by atoms with Crippen molar-refractivity contribution in [3.05, 3.63) is 29.8 Å². The molecule has 0 spiro atoms. The van der Waals surface area contributed by atoms with E-state index in [0.29, 0.717) is 25.2 Å². The molecule has 1 amide bonds. The molecule has 1 rings (SSSR count). The minimum atomic E-state index is -0.0942. The van der Waals surface area contributed by atoms with Crippen LogP contribution in [0.1, 0.15) is 45.6 Å². The molecule has 4 nitrogen and oxygen atoms in total. The van der Waals surface area contributed by atoms with E-state index < -0.39 is 0 Å². The van der Waals surface area contributed by atoms with Crippen LogP contribution in [0.25, 0.3) is 0 Å². The number of hydrogen-bond acceptors (Lipinski definition) is 3. The summed E-state index contributed by atoms with van der Waals surface area (Å²) < 4.78 is 0. The van der Waals surface area contributed by atoms with Gasteiger partial charge in [0.25, 0.3) is 0 Å². The largest absolute Gasteiger partial charge is 0.326 e. The van der Waals surface area contributed by atoms with E-state index in [1.54, 1.807) is 0 Å². The van der Waals surface area contributed by atoms with Crippen LogP contribution < -0.4 is 5.32 Å². The van der Waals surface area contributed by atoms with Crippen LogP contribution in [0.5, 0.6) is 0 Å². The van der Waals surface area contributed by atoms with E-state index in [9.17, 15) is 14.4 Å². The van der Waals surface area contributed by atoms with Crippen molar-refractivity contribution in [1.29, 1.82) is 0 Å². The predicted molar refractivity (Wildman–Crippen MR) is 83.2 cm³/mol. The fraction of sp³-hybridized carbons (Fsp3) is 0.471. The highest BCUT2D eigenvalue weighted by atomic mass is 16.2. The molecule has 0 radical (unpaired) electrons. The van der Waals surface area contributed by atoms with Crippen molar-refractivity contribution < 1.29 is 14.4 Å². The number of ketones is 2. The maximum Gasteiger partial charge on any atom is 0.224 e. The zero-order chi connectivity index (χ0) is 15.8. The molecule has 1 aromatic carbocycles. The van der Waals surface area contributed by atoms with Crippen molar-refractivity contribution >= 4 is 23.2 Å². The van der Waals surface area contributed by atoms with Gasteiger partial charge in [0.2, 0.25) is 5.91 Å². The van der Waals surface area contributed by atoms with Crippen LogP contribution in [-0.4, -0.2) is 17.5 Å². The quantitative estimate of drug-likeness (QED) is 0.748. The molecule has 0 atom stereocenters. The van der Waals surface area contributed by atoms with Crippen LogP contribution >= 0.6 is 0 Å². The van der Waals surface area contributed by atoms with Gasteiger partial charge in [-0.3, -0.25) is 14.4 Å². The topological polar surface area (TPSA) is 63.2 Å². The zero-order valence-electron chi connectivity index (χ0n) is 12.9. The lowest BCUT2D eigenvalue weighted by molar-refractivity contribution is -0.126. The third-order valence-corrected chi connectivity index (χ3v) is 2.97. The lowest BCUT2D eigenvalue weighted by Crippen LogP contribution is -2.13. The van der Waals surface area contributed by atoms with Crippen LogP contribution in [0.4, 0.5) is 5.69 Å². The summed E-state index contributed by atoms with van der Waals surface area (Å²) in [5, 5.41) is 2.84. The first-order chi connectivity index (χ1) is 9.86. The van der Waals surface area contributed by atoms with Gasteiger partial charge in [-0.2, -0.15) is 0 Å². The summed E-state index contributed by atoms with van der Waals surface area (Å²) >= 11 is 0. The summed E-state index contributed by atoms with van der Waals surface area (Å²) in [5.41, 5.74) is 1.79. The second-order valence-electron chi connectivity index (χ2n) is 5.76. The van der Waals surface area contributed by atoms with E-state index in [1.807, 2.05) is 38.1 Å². The van der Waals surface area contributed by atoms with Crippen molar-refractivity contribution in [2.75, 3.05) is 5.32 Å². The van der Waals surface area contributed by atoms with E-state index >= 15 is 0 Å². The van der Waals surface area contributed by atoms with Gasteiger partial charge in [0, 0.05) is 18.5 Å². The molecule has 4 heteroatoms. The Morgan fingerprint density at radius 1 is 1.10 bits per heavy atom. The van der Waals surface area contributed by atoms with E-state index in [1.165, 1.54) is 6.92 Å². The fourth-order valence-corrected chi connectivity index (χ4v) is 1.99. The zero-order valence-corrected chi connectivity index (χ0v) is 12.9. The summed E-state index contributed by atoms with van der Waals surface area (Å²) in [4.78, 5) is 33.9. The monoisotopic (exact) mass is 289 g/mol. The molecular weight excluding hydrogens is 266 g/mol. The number of anilines is 1. The number of aryl methyl sites for hydroxylation is 1. The molecular formula is C17H23NO3. The first-order valence-corrected chi connectivity index (χ1v) is 7.26. The van der Waals surface area contributed by atoms with Crippen molar-refractivity contribution in [1.82, 2.24) is 0 Å². The predicted octanol–water partition coefficient (Wildman–Crippen LogP) is 3.15. The second kappa shape index (κ2) is 8.35. The van der Waals surface area contributed by atoms with Crippen LogP contribution in [-0.2, 0) is 20.8 Å². The smallest absolute Gasteiger partial charge is 0.224 e. The average Bonchev–Trinajstić information content (AvgIpc) is 2.36. The van der Waals surface area contributed by atoms with Gasteiger partial charge in [0.15, 0.2) is 0 Å². The van der Waals surface area contributed by atoms with Gasteiger partial charge in [-0.1, -0.05) is 26.0 Å². The summed E-state index contributed by atoms with van der Waals surface area (Å²) in [6.07, 6.45) is 1.51. The van der Waals surface area contributed by atoms with Crippen molar-refractivity contribution in [3.63, 3.8) is 0 Å². The van der Waals surface area contributed by atoms with E-state index in [0.717, 1.165) is 11.3 Å². The molecule has 0 bridgehead atoms. The Morgan fingerprint density at radius 3 is 2.24 bits per heavy atom. The Labute approximate surface area is 125 Å². The maximum absolute atomic E-state index is 11.6. The number of hydrogen-bond donors (Lipinski definition) is 1. The molecule has 0 saturated carbocycles. The minimum Gasteiger partial charge on any atom is -0.326 e. The third-order valence-electron chi connectivity index (χ3n) is 2.97. The van der Waals surface area contributed by atoms with Crippen molar-refractivity contribution in [3.8, 4) is 0 Å². The van der Waals surface area contributed by atoms with Crippen molar-refractivity contribution in [2.45, 2.75) is 46.5 Å². The highest BCUT2D eigenvalue weighted by molar-refractivity contribution is 5.98. The average molecular weight is 289 g/mol. The Bertz CT molecular complexity index is 503. The number of benzene rings is 1. The lowest BCUT2D eigenvalue weighted by Gasteiger charge is -2.08. The van der Waals surface area contributed by atoms with Crippen molar-refractivity contribution in [2.24, 2.45) is 5.92 Å². The molecule has 1 aromatic rings. The van der Waals surface area contributed by atoms with Gasteiger partial charge in [-0.05, 0) is 37.0 Å². The van der Waals surface area contributed by atoms with Crippen LogP contribution in [0, 0.1) is 5.92 Å². The molecule has 0 aromatic heterocycles. The second-order valence-corrected chi connectivity index (χ2v) is 5.76. The molecule has 0 saturated heterocycles. The van der Waals surface area contributed by atoms with Crippen LogP contribution in [0.3, 0.4) is 0 Å². The highest BCUT2D eigenvalue weighted by Gasteiger charge is 2.07.